The Kier molecular flexibility index (Phi) is 4.73. The summed E-state index contributed by atoms with van der Waals surface area (Å²) in [6.07, 6.45) is -0.564. The van der Waals surface area contributed by atoms with Gasteiger partial charge in [-0.2, -0.15) is 0 Å². The highest BCUT2D eigenvalue weighted by molar-refractivity contribution is 5.73. The van der Waals surface area contributed by atoms with E-state index in [-0.39, 0.29) is 30.6 Å². The van der Waals surface area contributed by atoms with Gasteiger partial charge >= 0.3 is 5.97 Å². The van der Waals surface area contributed by atoms with E-state index in [0.29, 0.717) is 13.2 Å². The second-order valence-electron chi connectivity index (χ2n) is 4.63. The van der Waals surface area contributed by atoms with Gasteiger partial charge in [-0.15, -0.1) is 0 Å². The zero-order valence-electron chi connectivity index (χ0n) is 11.1. The van der Waals surface area contributed by atoms with Gasteiger partial charge in [-0.05, 0) is 6.42 Å². The number of fused-ring (bicyclic) bond motifs is 1. The fraction of sp³-hybridized carbons (Fsp3) is 0.833. The second kappa shape index (κ2) is 6.31. The van der Waals surface area contributed by atoms with Crippen molar-refractivity contribution in [2.75, 3.05) is 19.8 Å². The minimum Gasteiger partial charge on any atom is -0.463 e. The van der Waals surface area contributed by atoms with Crippen molar-refractivity contribution in [2.45, 2.75) is 44.8 Å². The molecule has 0 aromatic rings. The molecule has 0 aromatic heterocycles. The number of esters is 1. The average molecular weight is 273 g/mol. The molecule has 7 nitrogen and oxygen atoms in total. The predicted octanol–water partition coefficient (Wildman–Crippen LogP) is -0.415. The van der Waals surface area contributed by atoms with Gasteiger partial charge in [-0.3, -0.25) is 9.59 Å². The monoisotopic (exact) mass is 273 g/mol. The normalized spacial score (nSPS) is 34.2. The number of hydrogen-bond acceptors (Lipinski definition) is 6. The van der Waals surface area contributed by atoms with Gasteiger partial charge in [0.15, 0.2) is 6.29 Å². The van der Waals surface area contributed by atoms with E-state index in [4.69, 9.17) is 18.9 Å². The lowest BCUT2D eigenvalue weighted by Crippen LogP contribution is -2.49. The first-order valence-electron chi connectivity index (χ1n) is 6.37. The van der Waals surface area contributed by atoms with Crippen molar-refractivity contribution >= 4 is 11.9 Å². The molecule has 2 heterocycles. The molecule has 0 spiro atoms. The van der Waals surface area contributed by atoms with Gasteiger partial charge in [-0.1, -0.05) is 0 Å². The Morgan fingerprint density at radius 1 is 1.26 bits per heavy atom. The van der Waals surface area contributed by atoms with E-state index in [9.17, 15) is 9.59 Å². The molecule has 2 rings (SSSR count). The Labute approximate surface area is 111 Å². The SMILES string of the molecule is CC(=O)NC1C(COC(C)=O)OC2OCCCOC21. The van der Waals surface area contributed by atoms with Crippen LogP contribution in [0.5, 0.6) is 0 Å². The minimum atomic E-state index is -0.528. The molecule has 7 heteroatoms. The van der Waals surface area contributed by atoms with E-state index in [1.165, 1.54) is 13.8 Å². The maximum absolute atomic E-state index is 11.3. The van der Waals surface area contributed by atoms with Gasteiger partial charge < -0.3 is 24.3 Å². The number of carbonyl (C=O) groups is 2. The van der Waals surface area contributed by atoms with Crippen molar-refractivity contribution in [2.24, 2.45) is 0 Å². The zero-order valence-corrected chi connectivity index (χ0v) is 11.1. The van der Waals surface area contributed by atoms with Crippen LogP contribution in [0.4, 0.5) is 0 Å². The molecular formula is C12H19NO6. The first-order chi connectivity index (χ1) is 9.08. The molecule has 108 valence electrons. The van der Waals surface area contributed by atoms with Crippen molar-refractivity contribution < 1.29 is 28.5 Å². The summed E-state index contributed by atoms with van der Waals surface area (Å²) in [5, 5.41) is 2.78. The van der Waals surface area contributed by atoms with E-state index in [1.807, 2.05) is 0 Å². The molecule has 19 heavy (non-hydrogen) atoms. The maximum atomic E-state index is 11.3. The lowest BCUT2D eigenvalue weighted by atomic mass is 10.1. The number of carbonyl (C=O) groups excluding carboxylic acids is 2. The van der Waals surface area contributed by atoms with Crippen LogP contribution in [-0.2, 0) is 28.5 Å². The lowest BCUT2D eigenvalue weighted by molar-refractivity contribution is -0.169. The van der Waals surface area contributed by atoms with E-state index < -0.39 is 12.4 Å². The summed E-state index contributed by atoms with van der Waals surface area (Å²) in [4.78, 5) is 22.1. The Morgan fingerprint density at radius 3 is 2.68 bits per heavy atom. The fourth-order valence-corrected chi connectivity index (χ4v) is 2.26. The molecule has 0 saturated carbocycles. The topological polar surface area (TPSA) is 83.1 Å². The number of rotatable bonds is 3. The fourth-order valence-electron chi connectivity index (χ4n) is 2.26. The van der Waals surface area contributed by atoms with E-state index in [1.54, 1.807) is 0 Å². The van der Waals surface area contributed by atoms with Crippen LogP contribution >= 0.6 is 0 Å². The molecule has 2 fully saturated rings. The molecule has 1 amide bonds. The first-order valence-corrected chi connectivity index (χ1v) is 6.37. The standard InChI is InChI=1S/C12H19NO6/c1-7(14)13-10-9(6-18-8(2)15)19-12-11(10)16-4-3-5-17-12/h9-12H,3-6H2,1-2H3,(H,13,14). The van der Waals surface area contributed by atoms with Crippen LogP contribution in [0.3, 0.4) is 0 Å². The van der Waals surface area contributed by atoms with Gasteiger partial charge in [-0.25, -0.2) is 0 Å². The number of ether oxygens (including phenoxy) is 4. The summed E-state index contributed by atoms with van der Waals surface area (Å²) in [6.45, 7) is 3.93. The molecule has 2 saturated heterocycles. The number of amides is 1. The molecule has 0 radical (unpaired) electrons. The third-order valence-corrected chi connectivity index (χ3v) is 3.03. The first kappa shape index (κ1) is 14.2. The van der Waals surface area contributed by atoms with E-state index in [0.717, 1.165) is 6.42 Å². The summed E-state index contributed by atoms with van der Waals surface area (Å²) in [5.41, 5.74) is 0. The van der Waals surface area contributed by atoms with Crippen LogP contribution in [0, 0.1) is 0 Å². The third-order valence-electron chi connectivity index (χ3n) is 3.03. The molecule has 0 bridgehead atoms. The van der Waals surface area contributed by atoms with Gasteiger partial charge in [0.05, 0.1) is 12.6 Å². The summed E-state index contributed by atoms with van der Waals surface area (Å²) in [7, 11) is 0. The highest BCUT2D eigenvalue weighted by Gasteiger charge is 2.47. The quantitative estimate of drug-likeness (QED) is 0.703. The van der Waals surface area contributed by atoms with Crippen molar-refractivity contribution in [3.05, 3.63) is 0 Å². The largest absolute Gasteiger partial charge is 0.463 e. The predicted molar refractivity (Wildman–Crippen MR) is 63.2 cm³/mol. The maximum Gasteiger partial charge on any atom is 0.302 e. The Morgan fingerprint density at radius 2 is 2.00 bits per heavy atom. The molecule has 4 unspecified atom stereocenters. The number of nitrogens with one attached hydrogen (secondary N) is 1. The molecule has 0 aliphatic carbocycles. The Balaban J connectivity index is 2.04. The smallest absolute Gasteiger partial charge is 0.302 e. The highest BCUT2D eigenvalue weighted by Crippen LogP contribution is 2.27. The van der Waals surface area contributed by atoms with Gasteiger partial charge in [0, 0.05) is 20.5 Å². The van der Waals surface area contributed by atoms with Crippen molar-refractivity contribution in [3.63, 3.8) is 0 Å². The molecular weight excluding hydrogens is 254 g/mol. The molecule has 2 aliphatic rings. The Hall–Kier alpha value is -1.18. The van der Waals surface area contributed by atoms with Crippen LogP contribution in [0.25, 0.3) is 0 Å². The van der Waals surface area contributed by atoms with Gasteiger partial charge in [0.25, 0.3) is 0 Å². The minimum absolute atomic E-state index is 0.0694. The molecule has 1 N–H and O–H groups in total. The third kappa shape index (κ3) is 3.65. The number of hydrogen-bond donors (Lipinski definition) is 1. The highest BCUT2D eigenvalue weighted by atomic mass is 16.7. The van der Waals surface area contributed by atoms with Gasteiger partial charge in [0.1, 0.15) is 18.8 Å². The van der Waals surface area contributed by atoms with E-state index >= 15 is 0 Å². The van der Waals surface area contributed by atoms with Crippen molar-refractivity contribution in [1.29, 1.82) is 0 Å². The second-order valence-corrected chi connectivity index (χ2v) is 4.63. The molecule has 4 atom stereocenters. The summed E-state index contributed by atoms with van der Waals surface area (Å²) in [6, 6.07) is -0.375. The van der Waals surface area contributed by atoms with E-state index in [2.05, 4.69) is 5.32 Å². The summed E-state index contributed by atoms with van der Waals surface area (Å²) >= 11 is 0. The van der Waals surface area contributed by atoms with Crippen LogP contribution in [0.15, 0.2) is 0 Å². The molecule has 0 aromatic carbocycles. The Bertz CT molecular complexity index is 347. The van der Waals surface area contributed by atoms with Crippen LogP contribution in [0.1, 0.15) is 20.3 Å². The van der Waals surface area contributed by atoms with Crippen LogP contribution < -0.4 is 5.32 Å². The van der Waals surface area contributed by atoms with Crippen molar-refractivity contribution in [1.82, 2.24) is 5.32 Å². The van der Waals surface area contributed by atoms with Crippen LogP contribution in [-0.4, -0.2) is 56.2 Å². The summed E-state index contributed by atoms with van der Waals surface area (Å²) in [5.74, 6) is -0.575. The van der Waals surface area contributed by atoms with Crippen molar-refractivity contribution in [3.8, 4) is 0 Å². The lowest BCUT2D eigenvalue weighted by Gasteiger charge is -2.23. The summed E-state index contributed by atoms with van der Waals surface area (Å²) < 4.78 is 21.8. The average Bonchev–Trinajstić information content (AvgIpc) is 2.51. The molecule has 2 aliphatic heterocycles. The zero-order chi connectivity index (χ0) is 13.8. The van der Waals surface area contributed by atoms with Crippen LogP contribution in [0.2, 0.25) is 0 Å². The van der Waals surface area contributed by atoms with Gasteiger partial charge in [0.2, 0.25) is 5.91 Å².